The molecule has 0 aliphatic heterocycles. The average Bonchev–Trinajstić information content (AvgIpc) is 3.35. The van der Waals surface area contributed by atoms with Crippen molar-refractivity contribution < 1.29 is 58.6 Å². The number of carbonyl (C=O) groups is 4. The molecule has 0 fully saturated rings. The minimum absolute atomic E-state index is 0.0180. The molecule has 0 aliphatic rings. The standard InChI is InChI=1S/C52H54Cl2N6O12/c1-29-33(27-71-47-17-45(69-25-31-13-37(49(55)63)21-57-19-31)35(15-41(47)53)23-59-43(9-11-61)51(65)66)5-3-7-39(29)40-8-4-6-34(30(40)2)28-72-48-18-46(70-26-32-14-38(50(56)64)22-58-20-32)36(16-42(48)54)24-60-44(10-12-62)52(67)68/h3-8,13-22,43-44,59-62H,9-12,23-28H2,1-2H3,(H2,55,63)(H2,56,64)(H,65,66)(H,67,68)/t43-,44-/m0/s1. The van der Waals surface area contributed by atoms with Gasteiger partial charge in [0.15, 0.2) is 0 Å². The number of ether oxygens (including phenoxy) is 4. The molecule has 0 spiro atoms. The van der Waals surface area contributed by atoms with Crippen LogP contribution in [0.2, 0.25) is 10.0 Å². The van der Waals surface area contributed by atoms with Gasteiger partial charge in [-0.15, -0.1) is 0 Å². The predicted molar refractivity (Wildman–Crippen MR) is 267 cm³/mol. The lowest BCUT2D eigenvalue weighted by molar-refractivity contribution is -0.140. The van der Waals surface area contributed by atoms with Gasteiger partial charge in [0.2, 0.25) is 11.8 Å². The average molecular weight is 1030 g/mol. The monoisotopic (exact) mass is 1020 g/mol. The molecule has 2 aromatic heterocycles. The summed E-state index contributed by atoms with van der Waals surface area (Å²) in [4.78, 5) is 55.4. The molecule has 6 rings (SSSR count). The molecule has 20 heteroatoms. The second-order valence-corrected chi connectivity index (χ2v) is 17.4. The minimum atomic E-state index is -1.13. The summed E-state index contributed by atoms with van der Waals surface area (Å²) in [5.74, 6) is -2.32. The van der Waals surface area contributed by atoms with Gasteiger partial charge in [-0.05, 0) is 84.3 Å². The number of nitrogens with one attached hydrogen (secondary N) is 2. The van der Waals surface area contributed by atoms with E-state index in [1.165, 1.54) is 24.8 Å². The van der Waals surface area contributed by atoms with Crippen LogP contribution in [0, 0.1) is 13.8 Å². The van der Waals surface area contributed by atoms with Gasteiger partial charge in [0.1, 0.15) is 61.5 Å². The van der Waals surface area contributed by atoms with Gasteiger partial charge >= 0.3 is 11.9 Å². The molecule has 0 saturated heterocycles. The summed E-state index contributed by atoms with van der Waals surface area (Å²) in [5.41, 5.74) is 18.9. The number of benzene rings is 4. The van der Waals surface area contributed by atoms with E-state index >= 15 is 0 Å². The number of aliphatic hydroxyl groups is 2. The maximum Gasteiger partial charge on any atom is 0.320 e. The molecule has 0 bridgehead atoms. The van der Waals surface area contributed by atoms with Crippen LogP contribution < -0.4 is 41.0 Å². The molecule has 72 heavy (non-hydrogen) atoms. The molecule has 10 N–H and O–H groups in total. The number of amides is 2. The maximum atomic E-state index is 11.8. The van der Waals surface area contributed by atoms with E-state index in [0.717, 1.165) is 33.4 Å². The van der Waals surface area contributed by atoms with E-state index in [0.29, 0.717) is 45.3 Å². The van der Waals surface area contributed by atoms with Crippen LogP contribution in [0.1, 0.15) is 78.1 Å². The molecule has 6 aromatic rings. The van der Waals surface area contributed by atoms with Crippen molar-refractivity contribution in [2.24, 2.45) is 11.5 Å². The Morgan fingerprint density at radius 1 is 0.556 bits per heavy atom. The summed E-state index contributed by atoms with van der Waals surface area (Å²) in [7, 11) is 0. The first-order valence-electron chi connectivity index (χ1n) is 22.5. The van der Waals surface area contributed by atoms with E-state index in [1.54, 1.807) is 36.4 Å². The lowest BCUT2D eigenvalue weighted by Gasteiger charge is -2.20. The minimum Gasteiger partial charge on any atom is -0.488 e. The number of pyridine rings is 2. The van der Waals surface area contributed by atoms with Crippen LogP contribution in [0.5, 0.6) is 23.0 Å². The molecule has 0 radical (unpaired) electrons. The van der Waals surface area contributed by atoms with Crippen LogP contribution in [-0.2, 0) is 49.1 Å². The summed E-state index contributed by atoms with van der Waals surface area (Å²) in [5, 5.41) is 44.5. The normalized spacial score (nSPS) is 11.9. The Morgan fingerprint density at radius 3 is 1.31 bits per heavy atom. The lowest BCUT2D eigenvalue weighted by Crippen LogP contribution is -2.37. The first-order chi connectivity index (χ1) is 34.6. The highest BCUT2D eigenvalue weighted by Gasteiger charge is 2.22. The molecule has 4 aromatic carbocycles. The fraction of sp³-hybridized carbons (Fsp3) is 0.269. The molecular formula is C52H54Cl2N6O12. The van der Waals surface area contributed by atoms with Crippen molar-refractivity contribution in [3.8, 4) is 34.1 Å². The molecule has 2 amide bonds. The fourth-order valence-electron chi connectivity index (χ4n) is 7.57. The summed E-state index contributed by atoms with van der Waals surface area (Å²) < 4.78 is 25.0. The van der Waals surface area contributed by atoms with E-state index in [9.17, 15) is 39.6 Å². The van der Waals surface area contributed by atoms with Crippen molar-refractivity contribution in [2.45, 2.75) is 78.3 Å². The van der Waals surface area contributed by atoms with Crippen LogP contribution in [-0.4, -0.2) is 79.4 Å². The van der Waals surface area contributed by atoms with Crippen molar-refractivity contribution in [1.82, 2.24) is 20.6 Å². The highest BCUT2D eigenvalue weighted by molar-refractivity contribution is 6.32. The van der Waals surface area contributed by atoms with Gasteiger partial charge in [-0.2, -0.15) is 0 Å². The number of carbonyl (C=O) groups excluding carboxylic acids is 2. The number of hydrogen-bond donors (Lipinski definition) is 8. The topological polar surface area (TPSA) is 288 Å². The summed E-state index contributed by atoms with van der Waals surface area (Å²) in [6.45, 7) is 3.55. The molecular weight excluding hydrogens is 972 g/mol. The smallest absolute Gasteiger partial charge is 0.320 e. The lowest BCUT2D eigenvalue weighted by atomic mass is 9.92. The zero-order valence-electron chi connectivity index (χ0n) is 39.3. The maximum absolute atomic E-state index is 11.8. The highest BCUT2D eigenvalue weighted by Crippen LogP contribution is 2.37. The van der Waals surface area contributed by atoms with Gasteiger partial charge in [-0.1, -0.05) is 59.6 Å². The number of primary amides is 2. The van der Waals surface area contributed by atoms with Gasteiger partial charge < -0.3 is 61.5 Å². The fourth-order valence-corrected chi connectivity index (χ4v) is 8.05. The van der Waals surface area contributed by atoms with Gasteiger partial charge in [0.25, 0.3) is 0 Å². The Balaban J connectivity index is 1.21. The number of halogens is 2. The first kappa shape index (κ1) is 54.0. The predicted octanol–water partition coefficient (Wildman–Crippen LogP) is 6.43. The van der Waals surface area contributed by atoms with Gasteiger partial charge in [-0.3, -0.25) is 29.1 Å². The van der Waals surface area contributed by atoms with E-state index in [1.807, 2.05) is 50.2 Å². The molecule has 2 heterocycles. The van der Waals surface area contributed by atoms with E-state index < -0.39 is 35.8 Å². The van der Waals surface area contributed by atoms with Crippen molar-refractivity contribution in [3.05, 3.63) is 163 Å². The Hall–Kier alpha value is -7.32. The van der Waals surface area contributed by atoms with Crippen molar-refractivity contribution >= 4 is 47.0 Å². The quantitative estimate of drug-likeness (QED) is 0.0276. The van der Waals surface area contributed by atoms with E-state index in [-0.39, 0.29) is 86.7 Å². The van der Waals surface area contributed by atoms with Crippen LogP contribution in [0.3, 0.4) is 0 Å². The van der Waals surface area contributed by atoms with Crippen molar-refractivity contribution in [2.75, 3.05) is 13.2 Å². The molecule has 2 atom stereocenters. The van der Waals surface area contributed by atoms with Crippen molar-refractivity contribution in [3.63, 3.8) is 0 Å². The second-order valence-electron chi connectivity index (χ2n) is 16.6. The van der Waals surface area contributed by atoms with Gasteiger partial charge in [0.05, 0.1) is 21.2 Å². The number of carboxylic acid groups (broad SMARTS) is 2. The number of hydrogen-bond acceptors (Lipinski definition) is 14. The molecule has 0 saturated carbocycles. The summed E-state index contributed by atoms with van der Waals surface area (Å²) in [6, 6.07) is 19.2. The number of nitrogens with two attached hydrogens (primary N) is 2. The number of aromatic nitrogens is 2. The Morgan fingerprint density at radius 2 is 0.944 bits per heavy atom. The zero-order chi connectivity index (χ0) is 51.9. The number of nitrogens with zero attached hydrogens (tertiary/aromatic N) is 2. The highest BCUT2D eigenvalue weighted by atomic mass is 35.5. The Kier molecular flexibility index (Phi) is 19.3. The van der Waals surface area contributed by atoms with Crippen LogP contribution >= 0.6 is 23.2 Å². The molecule has 0 aliphatic carbocycles. The first-order valence-corrected chi connectivity index (χ1v) is 23.3. The van der Waals surface area contributed by atoms with Crippen molar-refractivity contribution in [1.29, 1.82) is 0 Å². The second kappa shape index (κ2) is 25.7. The van der Waals surface area contributed by atoms with Crippen LogP contribution in [0.25, 0.3) is 11.1 Å². The largest absolute Gasteiger partial charge is 0.488 e. The molecule has 0 unspecified atom stereocenters. The third kappa shape index (κ3) is 14.4. The van der Waals surface area contributed by atoms with Gasteiger partial charge in [-0.25, -0.2) is 0 Å². The third-order valence-corrected chi connectivity index (χ3v) is 12.2. The SMILES string of the molecule is Cc1c(COc2cc(OCc3cncc(C(N)=O)c3)c(CN[C@@H](CCO)C(=O)O)cc2Cl)cccc1-c1cccc(COc2cc(OCc3cncc(C(N)=O)c3)c(CN[C@@H](CCO)C(=O)O)cc2Cl)c1C. The third-order valence-electron chi connectivity index (χ3n) is 11.6. The zero-order valence-corrected chi connectivity index (χ0v) is 40.8. The number of aliphatic hydroxyl groups excluding tert-OH is 2. The summed E-state index contributed by atoms with van der Waals surface area (Å²) >= 11 is 13.6. The Labute approximate surface area is 424 Å². The number of aliphatic carboxylic acids is 2. The van der Waals surface area contributed by atoms with Crippen LogP contribution in [0.15, 0.2) is 97.6 Å². The molecule has 18 nitrogen and oxygen atoms in total. The van der Waals surface area contributed by atoms with Gasteiger partial charge in [0, 0.05) is 85.5 Å². The van der Waals surface area contributed by atoms with Crippen LogP contribution in [0.4, 0.5) is 0 Å². The molecule has 378 valence electrons. The van der Waals surface area contributed by atoms with E-state index in [2.05, 4.69) is 20.6 Å². The summed E-state index contributed by atoms with van der Waals surface area (Å²) in [6.07, 6.45) is 5.71. The van der Waals surface area contributed by atoms with E-state index in [4.69, 9.17) is 53.6 Å². The number of rotatable bonds is 27. The number of carboxylic acids is 2. The Bertz CT molecular complexity index is 2730.